The van der Waals surface area contributed by atoms with Gasteiger partial charge in [0.05, 0.1) is 25.4 Å². The van der Waals surface area contributed by atoms with Gasteiger partial charge in [-0.05, 0) is 111 Å². The Morgan fingerprint density at radius 2 is 1.54 bits per heavy atom. The standard InChI is InChI=1S/C33H50O4/c1-4-5-6-7-26-8-10-27(11-9-26)28-12-14-29(15-13-28)30-16-18-31(19-17-30)32(20-24(2)21-34)23-37-33(36)25(3)22-35/h8-11,28-32,34-35H,2-7,12-23H2,1H3. The number of esters is 1. The first-order valence-corrected chi connectivity index (χ1v) is 14.8. The van der Waals surface area contributed by atoms with Crippen molar-refractivity contribution in [3.05, 3.63) is 59.7 Å². The predicted molar refractivity (Wildman–Crippen MR) is 151 cm³/mol. The molecule has 3 rings (SSSR count). The van der Waals surface area contributed by atoms with E-state index in [4.69, 9.17) is 9.84 Å². The Bertz CT molecular complexity index is 842. The van der Waals surface area contributed by atoms with Crippen molar-refractivity contribution in [1.82, 2.24) is 0 Å². The molecule has 2 N–H and O–H groups in total. The number of aryl methyl sites for hydroxylation is 1. The molecule has 0 bridgehead atoms. The van der Waals surface area contributed by atoms with Crippen molar-refractivity contribution >= 4 is 5.97 Å². The number of aliphatic hydroxyl groups is 2. The second kappa shape index (κ2) is 15.5. The second-order valence-corrected chi connectivity index (χ2v) is 11.7. The monoisotopic (exact) mass is 510 g/mol. The molecule has 0 saturated heterocycles. The average molecular weight is 511 g/mol. The zero-order valence-corrected chi connectivity index (χ0v) is 23.1. The maximum Gasteiger partial charge on any atom is 0.335 e. The van der Waals surface area contributed by atoms with Crippen molar-refractivity contribution in [2.45, 2.75) is 96.3 Å². The lowest BCUT2D eigenvalue weighted by atomic mass is 9.66. The molecule has 0 spiro atoms. The van der Waals surface area contributed by atoms with E-state index in [1.165, 1.54) is 75.3 Å². The Hall–Kier alpha value is -1.91. The average Bonchev–Trinajstić information content (AvgIpc) is 2.95. The molecule has 206 valence electrons. The minimum atomic E-state index is -0.529. The van der Waals surface area contributed by atoms with Crippen molar-refractivity contribution < 1.29 is 19.7 Å². The number of hydrogen-bond acceptors (Lipinski definition) is 4. The third kappa shape index (κ3) is 9.11. The SMILES string of the molecule is C=C(CO)CC(COC(=O)C(=C)CO)C1CCC(C2CCC(c3ccc(CCCCC)cc3)CC2)CC1. The van der Waals surface area contributed by atoms with Crippen molar-refractivity contribution in [2.24, 2.45) is 23.7 Å². The number of carbonyl (C=O) groups is 1. The number of unbranched alkanes of at least 4 members (excludes halogenated alkanes) is 2. The fraction of sp³-hybridized carbons (Fsp3) is 0.667. The maximum atomic E-state index is 12.0. The zero-order valence-electron chi connectivity index (χ0n) is 23.1. The fourth-order valence-corrected chi connectivity index (χ4v) is 6.69. The van der Waals surface area contributed by atoms with Gasteiger partial charge in [-0.15, -0.1) is 0 Å². The number of carbonyl (C=O) groups excluding carboxylic acids is 1. The van der Waals surface area contributed by atoms with E-state index >= 15 is 0 Å². The molecular weight excluding hydrogens is 460 g/mol. The summed E-state index contributed by atoms with van der Waals surface area (Å²) < 4.78 is 5.46. The van der Waals surface area contributed by atoms with E-state index in [1.54, 1.807) is 0 Å². The van der Waals surface area contributed by atoms with Gasteiger partial charge in [-0.1, -0.05) is 62.8 Å². The third-order valence-corrected chi connectivity index (χ3v) is 9.12. The molecule has 4 heteroatoms. The van der Waals surface area contributed by atoms with Gasteiger partial charge in [-0.3, -0.25) is 0 Å². The number of rotatable bonds is 14. The summed E-state index contributed by atoms with van der Waals surface area (Å²) in [7, 11) is 0. The zero-order chi connectivity index (χ0) is 26.6. The van der Waals surface area contributed by atoms with Gasteiger partial charge in [0.1, 0.15) is 0 Å². The third-order valence-electron chi connectivity index (χ3n) is 9.12. The molecule has 0 aromatic heterocycles. The minimum absolute atomic E-state index is 0.0338. The van der Waals surface area contributed by atoms with E-state index in [2.05, 4.69) is 44.3 Å². The molecule has 2 fully saturated rings. The topological polar surface area (TPSA) is 66.8 Å². The largest absolute Gasteiger partial charge is 0.462 e. The molecule has 0 heterocycles. The van der Waals surface area contributed by atoms with Crippen molar-refractivity contribution in [3.63, 3.8) is 0 Å². The summed E-state index contributed by atoms with van der Waals surface area (Å²) in [6.45, 7) is 9.69. The maximum absolute atomic E-state index is 12.0. The summed E-state index contributed by atoms with van der Waals surface area (Å²) in [5.41, 5.74) is 3.89. The van der Waals surface area contributed by atoms with Gasteiger partial charge < -0.3 is 14.9 Å². The molecule has 4 nitrogen and oxygen atoms in total. The van der Waals surface area contributed by atoms with Crippen LogP contribution < -0.4 is 0 Å². The lowest BCUT2D eigenvalue weighted by molar-refractivity contribution is -0.141. The summed E-state index contributed by atoms with van der Waals surface area (Å²) in [6, 6.07) is 9.50. The minimum Gasteiger partial charge on any atom is -0.462 e. The van der Waals surface area contributed by atoms with Crippen LogP contribution in [0.15, 0.2) is 48.6 Å². The Balaban J connectivity index is 1.45. The molecule has 0 amide bonds. The van der Waals surface area contributed by atoms with E-state index < -0.39 is 5.97 Å². The highest BCUT2D eigenvalue weighted by molar-refractivity contribution is 5.87. The normalized spacial score (nSPS) is 24.8. The summed E-state index contributed by atoms with van der Waals surface area (Å²) in [5.74, 6) is 2.46. The van der Waals surface area contributed by atoms with Crippen LogP contribution in [0.25, 0.3) is 0 Å². The lowest BCUT2D eigenvalue weighted by Gasteiger charge is -2.40. The van der Waals surface area contributed by atoms with Crippen molar-refractivity contribution in [3.8, 4) is 0 Å². The molecule has 0 aliphatic heterocycles. The summed E-state index contributed by atoms with van der Waals surface area (Å²) >= 11 is 0. The van der Waals surface area contributed by atoms with E-state index in [0.29, 0.717) is 18.9 Å². The summed E-state index contributed by atoms with van der Waals surface area (Å²) in [6.07, 6.45) is 15.8. The fourth-order valence-electron chi connectivity index (χ4n) is 6.69. The van der Waals surface area contributed by atoms with Crippen LogP contribution in [-0.2, 0) is 16.0 Å². The second-order valence-electron chi connectivity index (χ2n) is 11.7. The van der Waals surface area contributed by atoms with Crippen LogP contribution in [-0.4, -0.2) is 36.0 Å². The number of benzene rings is 1. The van der Waals surface area contributed by atoms with Gasteiger partial charge in [0.15, 0.2) is 0 Å². The lowest BCUT2D eigenvalue weighted by Crippen LogP contribution is -2.30. The molecule has 1 aromatic rings. The van der Waals surface area contributed by atoms with Crippen LogP contribution in [0, 0.1) is 23.7 Å². The quantitative estimate of drug-likeness (QED) is 0.121. The summed E-state index contributed by atoms with van der Waals surface area (Å²) in [5, 5.41) is 18.6. The molecule has 1 unspecified atom stereocenters. The highest BCUT2D eigenvalue weighted by Crippen LogP contribution is 2.45. The summed E-state index contributed by atoms with van der Waals surface area (Å²) in [4.78, 5) is 12.0. The molecule has 0 radical (unpaired) electrons. The number of ether oxygens (including phenoxy) is 1. The molecule has 1 atom stereocenters. The van der Waals surface area contributed by atoms with Gasteiger partial charge >= 0.3 is 5.97 Å². The molecule has 2 aliphatic rings. The highest BCUT2D eigenvalue weighted by atomic mass is 16.5. The van der Waals surface area contributed by atoms with E-state index in [9.17, 15) is 9.90 Å². The first-order valence-electron chi connectivity index (χ1n) is 14.8. The molecule has 2 saturated carbocycles. The van der Waals surface area contributed by atoms with Gasteiger partial charge in [-0.2, -0.15) is 0 Å². The van der Waals surface area contributed by atoms with Crippen LogP contribution in [0.4, 0.5) is 0 Å². The smallest absolute Gasteiger partial charge is 0.335 e. The predicted octanol–water partition coefficient (Wildman–Crippen LogP) is 7.15. The number of aliphatic hydroxyl groups excluding tert-OH is 2. The van der Waals surface area contributed by atoms with Gasteiger partial charge in [0.2, 0.25) is 0 Å². The highest BCUT2D eigenvalue weighted by Gasteiger charge is 2.34. The van der Waals surface area contributed by atoms with Gasteiger partial charge in [0.25, 0.3) is 0 Å². The molecular formula is C33H50O4. The van der Waals surface area contributed by atoms with Crippen molar-refractivity contribution in [1.29, 1.82) is 0 Å². The van der Waals surface area contributed by atoms with Crippen LogP contribution in [0.5, 0.6) is 0 Å². The van der Waals surface area contributed by atoms with E-state index in [1.807, 2.05) is 0 Å². The molecule has 37 heavy (non-hydrogen) atoms. The molecule has 1 aromatic carbocycles. The first-order chi connectivity index (χ1) is 17.9. The van der Waals surface area contributed by atoms with E-state index in [-0.39, 0.29) is 24.7 Å². The Labute approximate surface area is 225 Å². The first kappa shape index (κ1) is 29.6. The van der Waals surface area contributed by atoms with E-state index in [0.717, 1.165) is 36.2 Å². The van der Waals surface area contributed by atoms with Gasteiger partial charge in [0, 0.05) is 0 Å². The molecule has 2 aliphatic carbocycles. The van der Waals surface area contributed by atoms with Crippen LogP contribution >= 0.6 is 0 Å². The Kier molecular flexibility index (Phi) is 12.4. The Morgan fingerprint density at radius 1 is 0.919 bits per heavy atom. The van der Waals surface area contributed by atoms with Crippen LogP contribution in [0.2, 0.25) is 0 Å². The van der Waals surface area contributed by atoms with Crippen LogP contribution in [0.3, 0.4) is 0 Å². The number of hydrogen-bond donors (Lipinski definition) is 2. The van der Waals surface area contributed by atoms with Crippen LogP contribution in [0.1, 0.15) is 101 Å². The Morgan fingerprint density at radius 3 is 2.11 bits per heavy atom. The van der Waals surface area contributed by atoms with Crippen molar-refractivity contribution in [2.75, 3.05) is 19.8 Å². The van der Waals surface area contributed by atoms with Gasteiger partial charge in [-0.25, -0.2) is 4.79 Å².